The fraction of sp³-hybridized carbons (Fsp3) is 0.500. The van der Waals surface area contributed by atoms with E-state index in [0.717, 1.165) is 25.2 Å². The lowest BCUT2D eigenvalue weighted by Crippen LogP contribution is -2.42. The van der Waals surface area contributed by atoms with Gasteiger partial charge in [-0.3, -0.25) is 4.79 Å². The van der Waals surface area contributed by atoms with Crippen LogP contribution in [0, 0.1) is 6.92 Å². The number of hydrogen-bond donors (Lipinski definition) is 2. The highest BCUT2D eigenvalue weighted by Gasteiger charge is 2.09. The summed E-state index contributed by atoms with van der Waals surface area (Å²) in [7, 11) is 5.90. The van der Waals surface area contributed by atoms with Crippen molar-refractivity contribution >= 4 is 28.9 Å². The van der Waals surface area contributed by atoms with Crippen molar-refractivity contribution in [2.45, 2.75) is 13.3 Å². The van der Waals surface area contributed by atoms with Gasteiger partial charge in [-0.05, 0) is 58.3 Å². The molecule has 2 N–H and O–H groups in total. The van der Waals surface area contributed by atoms with Crippen LogP contribution < -0.4 is 10.6 Å². The Balaban J connectivity index is 2.30. The number of benzene rings is 1. The highest BCUT2D eigenvalue weighted by Crippen LogP contribution is 2.08. The minimum atomic E-state index is -0.0798. The van der Waals surface area contributed by atoms with E-state index in [0.29, 0.717) is 5.11 Å². The van der Waals surface area contributed by atoms with Gasteiger partial charge >= 0.3 is 0 Å². The second-order valence-electron chi connectivity index (χ2n) is 5.66. The Morgan fingerprint density at radius 1 is 1.18 bits per heavy atom. The molecule has 22 heavy (non-hydrogen) atoms. The molecule has 5 nitrogen and oxygen atoms in total. The first-order valence-electron chi connectivity index (χ1n) is 7.38. The number of carbonyl (C=O) groups excluding carboxylic acids is 1. The first-order valence-corrected chi connectivity index (χ1v) is 7.79. The van der Waals surface area contributed by atoms with Gasteiger partial charge in [0, 0.05) is 19.3 Å². The molecule has 0 aliphatic carbocycles. The molecule has 6 heteroatoms. The van der Waals surface area contributed by atoms with Gasteiger partial charge in [0.25, 0.3) is 0 Å². The van der Waals surface area contributed by atoms with Crippen molar-refractivity contribution in [2.24, 2.45) is 0 Å². The number of thiocarbonyl (C=S) groups is 1. The van der Waals surface area contributed by atoms with Crippen LogP contribution >= 0.6 is 12.2 Å². The summed E-state index contributed by atoms with van der Waals surface area (Å²) in [5.74, 6) is -0.0798. The quantitative estimate of drug-likeness (QED) is 0.591. The van der Waals surface area contributed by atoms with Crippen molar-refractivity contribution in [1.82, 2.24) is 15.1 Å². The predicted molar refractivity (Wildman–Crippen MR) is 96.2 cm³/mol. The standard InChI is InChI=1S/C16H26N4OS/c1-13-6-8-14(9-7-13)18-15(21)12-20(4)16(22)17-10-5-11-19(2)3/h6-9H,5,10-12H2,1-4H3,(H,17,22)(H,18,21). The van der Waals surface area contributed by atoms with Crippen molar-refractivity contribution in [2.75, 3.05) is 46.1 Å². The molecule has 122 valence electrons. The highest BCUT2D eigenvalue weighted by molar-refractivity contribution is 7.80. The Kier molecular flexibility index (Phi) is 7.84. The SMILES string of the molecule is Cc1ccc(NC(=O)CN(C)C(=S)NCCCN(C)C)cc1. The zero-order valence-corrected chi connectivity index (χ0v) is 14.7. The molecule has 0 aliphatic rings. The Labute approximate surface area is 138 Å². The van der Waals surface area contributed by atoms with Gasteiger partial charge in [-0.15, -0.1) is 0 Å². The van der Waals surface area contributed by atoms with Crippen LogP contribution in [-0.2, 0) is 4.79 Å². The minimum absolute atomic E-state index is 0.0798. The number of amides is 1. The topological polar surface area (TPSA) is 47.6 Å². The van der Waals surface area contributed by atoms with E-state index in [2.05, 4.69) is 15.5 Å². The molecule has 0 heterocycles. The van der Waals surface area contributed by atoms with Gasteiger partial charge in [-0.25, -0.2) is 0 Å². The Morgan fingerprint density at radius 2 is 1.82 bits per heavy atom. The molecule has 1 aromatic rings. The summed E-state index contributed by atoms with van der Waals surface area (Å²) < 4.78 is 0. The molecule has 1 rings (SSSR count). The van der Waals surface area contributed by atoms with Gasteiger partial charge in [0.2, 0.25) is 5.91 Å². The van der Waals surface area contributed by atoms with Crippen molar-refractivity contribution in [3.63, 3.8) is 0 Å². The smallest absolute Gasteiger partial charge is 0.243 e. The van der Waals surface area contributed by atoms with Crippen LogP contribution in [0.25, 0.3) is 0 Å². The third-order valence-electron chi connectivity index (χ3n) is 3.12. The van der Waals surface area contributed by atoms with E-state index in [4.69, 9.17) is 12.2 Å². The number of likely N-dealkylation sites (N-methyl/N-ethyl adjacent to an activating group) is 1. The molecule has 1 aromatic carbocycles. The van der Waals surface area contributed by atoms with E-state index >= 15 is 0 Å². The van der Waals surface area contributed by atoms with Crippen LogP contribution in [0.3, 0.4) is 0 Å². The number of rotatable bonds is 7. The molecule has 0 bridgehead atoms. The summed E-state index contributed by atoms with van der Waals surface area (Å²) in [6, 6.07) is 7.72. The maximum atomic E-state index is 12.0. The van der Waals surface area contributed by atoms with Crippen molar-refractivity contribution < 1.29 is 4.79 Å². The lowest BCUT2D eigenvalue weighted by atomic mass is 10.2. The van der Waals surface area contributed by atoms with Gasteiger partial charge in [-0.1, -0.05) is 17.7 Å². The monoisotopic (exact) mass is 322 g/mol. The van der Waals surface area contributed by atoms with Crippen LogP contribution in [-0.4, -0.2) is 61.6 Å². The maximum Gasteiger partial charge on any atom is 0.243 e. The van der Waals surface area contributed by atoms with Crippen LogP contribution in [0.15, 0.2) is 24.3 Å². The van der Waals surface area contributed by atoms with Gasteiger partial charge < -0.3 is 20.4 Å². The number of nitrogens with one attached hydrogen (secondary N) is 2. The molecular formula is C16H26N4OS. The lowest BCUT2D eigenvalue weighted by molar-refractivity contribution is -0.116. The van der Waals surface area contributed by atoms with Gasteiger partial charge in [0.1, 0.15) is 0 Å². The van der Waals surface area contributed by atoms with Crippen molar-refractivity contribution in [3.8, 4) is 0 Å². The summed E-state index contributed by atoms with van der Waals surface area (Å²) in [6.45, 7) is 4.06. The molecule has 0 spiro atoms. The summed E-state index contributed by atoms with van der Waals surface area (Å²) >= 11 is 5.28. The molecule has 1 amide bonds. The molecule has 0 saturated carbocycles. The minimum Gasteiger partial charge on any atom is -0.363 e. The summed E-state index contributed by atoms with van der Waals surface area (Å²) in [4.78, 5) is 15.9. The number of anilines is 1. The van der Waals surface area contributed by atoms with E-state index in [9.17, 15) is 4.79 Å². The first-order chi connectivity index (χ1) is 10.4. The normalized spacial score (nSPS) is 10.4. The molecule has 0 saturated heterocycles. The third-order valence-corrected chi connectivity index (χ3v) is 3.58. The first kappa shape index (κ1) is 18.4. The van der Waals surface area contributed by atoms with Gasteiger partial charge in [0.05, 0.1) is 6.54 Å². The van der Waals surface area contributed by atoms with E-state index in [1.165, 1.54) is 5.56 Å². The lowest BCUT2D eigenvalue weighted by Gasteiger charge is -2.21. The highest BCUT2D eigenvalue weighted by atomic mass is 32.1. The number of aryl methyl sites for hydroxylation is 1. The maximum absolute atomic E-state index is 12.0. The molecule has 0 aromatic heterocycles. The van der Waals surface area contributed by atoms with Crippen LogP contribution in [0.5, 0.6) is 0 Å². The summed E-state index contributed by atoms with van der Waals surface area (Å²) in [5, 5.41) is 6.62. The second-order valence-corrected chi connectivity index (χ2v) is 6.05. The number of carbonyl (C=O) groups is 1. The average molecular weight is 322 g/mol. The molecule has 0 radical (unpaired) electrons. The molecule has 0 aliphatic heterocycles. The average Bonchev–Trinajstić information content (AvgIpc) is 2.45. The van der Waals surface area contributed by atoms with E-state index in [-0.39, 0.29) is 12.5 Å². The zero-order chi connectivity index (χ0) is 16.5. The fourth-order valence-electron chi connectivity index (χ4n) is 1.85. The summed E-state index contributed by atoms with van der Waals surface area (Å²) in [6.07, 6.45) is 1.01. The Morgan fingerprint density at radius 3 is 2.41 bits per heavy atom. The van der Waals surface area contributed by atoms with Crippen LogP contribution in [0.1, 0.15) is 12.0 Å². The predicted octanol–water partition coefficient (Wildman–Crippen LogP) is 1.69. The molecule has 0 atom stereocenters. The van der Waals surface area contributed by atoms with Gasteiger partial charge in [0.15, 0.2) is 5.11 Å². The largest absolute Gasteiger partial charge is 0.363 e. The number of nitrogens with zero attached hydrogens (tertiary/aromatic N) is 2. The molecule has 0 unspecified atom stereocenters. The fourth-order valence-corrected chi connectivity index (χ4v) is 2.02. The Bertz CT molecular complexity index is 487. The van der Waals surface area contributed by atoms with Crippen LogP contribution in [0.4, 0.5) is 5.69 Å². The number of hydrogen-bond acceptors (Lipinski definition) is 3. The van der Waals surface area contributed by atoms with Gasteiger partial charge in [-0.2, -0.15) is 0 Å². The third kappa shape index (κ3) is 7.38. The Hall–Kier alpha value is -1.66. The van der Waals surface area contributed by atoms with E-state index in [1.807, 2.05) is 52.3 Å². The summed E-state index contributed by atoms with van der Waals surface area (Å²) in [5.41, 5.74) is 1.96. The van der Waals surface area contributed by atoms with E-state index in [1.54, 1.807) is 4.90 Å². The zero-order valence-electron chi connectivity index (χ0n) is 13.8. The van der Waals surface area contributed by atoms with E-state index < -0.39 is 0 Å². The van der Waals surface area contributed by atoms with Crippen molar-refractivity contribution in [1.29, 1.82) is 0 Å². The second kappa shape index (κ2) is 9.38. The molecule has 0 fully saturated rings. The van der Waals surface area contributed by atoms with Crippen LogP contribution in [0.2, 0.25) is 0 Å². The molecular weight excluding hydrogens is 296 g/mol. The van der Waals surface area contributed by atoms with Crippen molar-refractivity contribution in [3.05, 3.63) is 29.8 Å².